The van der Waals surface area contributed by atoms with Crippen molar-refractivity contribution in [1.29, 1.82) is 0 Å². The number of methoxy groups -OCH3 is 1. The second-order valence-electron chi connectivity index (χ2n) is 2.54. The van der Waals surface area contributed by atoms with E-state index in [4.69, 9.17) is 0 Å². The SMILES string of the molecule is C=CC(=O)OC.c1ccc2n[nH]nc2c1. The summed E-state index contributed by atoms with van der Waals surface area (Å²) in [5, 5.41) is 10.3. The standard InChI is InChI=1S/C6H5N3.C4H6O2/c1-2-4-6-5(3-1)7-9-8-6;1-3-4(5)6-2/h1-4H,(H,7,8,9);3H,1H2,2H3. The van der Waals surface area contributed by atoms with Gasteiger partial charge in [0.1, 0.15) is 11.0 Å². The molecule has 0 amide bonds. The van der Waals surface area contributed by atoms with Gasteiger partial charge in [-0.2, -0.15) is 15.4 Å². The number of carbonyl (C=O) groups excluding carboxylic acids is 1. The number of aromatic amines is 1. The first-order valence-electron chi connectivity index (χ1n) is 4.24. The van der Waals surface area contributed by atoms with Gasteiger partial charge in [0.25, 0.3) is 0 Å². The van der Waals surface area contributed by atoms with E-state index in [-0.39, 0.29) is 0 Å². The van der Waals surface area contributed by atoms with Crippen LogP contribution < -0.4 is 0 Å². The van der Waals surface area contributed by atoms with Crippen LogP contribution in [0.3, 0.4) is 0 Å². The van der Waals surface area contributed by atoms with Gasteiger partial charge in [-0.3, -0.25) is 0 Å². The smallest absolute Gasteiger partial charge is 0.329 e. The number of hydrogen-bond acceptors (Lipinski definition) is 4. The van der Waals surface area contributed by atoms with Gasteiger partial charge in [0.05, 0.1) is 7.11 Å². The van der Waals surface area contributed by atoms with Gasteiger partial charge in [0, 0.05) is 6.08 Å². The highest BCUT2D eigenvalue weighted by Gasteiger charge is 1.90. The van der Waals surface area contributed by atoms with Crippen LogP contribution >= 0.6 is 0 Å². The summed E-state index contributed by atoms with van der Waals surface area (Å²) in [6.45, 7) is 3.16. The Kier molecular flexibility index (Phi) is 4.03. The number of aromatic nitrogens is 3. The van der Waals surface area contributed by atoms with E-state index in [1.165, 1.54) is 7.11 Å². The predicted octanol–water partition coefficient (Wildman–Crippen LogP) is 1.30. The van der Waals surface area contributed by atoms with Crippen molar-refractivity contribution in [3.63, 3.8) is 0 Å². The number of nitrogens with one attached hydrogen (secondary N) is 1. The number of carbonyl (C=O) groups is 1. The Bertz CT molecular complexity index is 420. The Balaban J connectivity index is 0.000000167. The highest BCUT2D eigenvalue weighted by molar-refractivity contribution is 5.80. The van der Waals surface area contributed by atoms with Crippen molar-refractivity contribution in [1.82, 2.24) is 15.4 Å². The lowest BCUT2D eigenvalue weighted by atomic mass is 10.3. The van der Waals surface area contributed by atoms with Crippen LogP contribution in [0.4, 0.5) is 0 Å². The largest absolute Gasteiger partial charge is 0.466 e. The molecule has 0 unspecified atom stereocenters. The summed E-state index contributed by atoms with van der Waals surface area (Å²) >= 11 is 0. The summed E-state index contributed by atoms with van der Waals surface area (Å²) in [4.78, 5) is 9.84. The van der Waals surface area contributed by atoms with Crippen LogP contribution in [0.25, 0.3) is 11.0 Å². The Morgan fingerprint density at radius 2 is 1.93 bits per heavy atom. The van der Waals surface area contributed by atoms with Gasteiger partial charge in [-0.1, -0.05) is 18.7 Å². The van der Waals surface area contributed by atoms with Gasteiger partial charge in [0.15, 0.2) is 0 Å². The van der Waals surface area contributed by atoms with E-state index in [0.717, 1.165) is 17.1 Å². The third-order valence-electron chi connectivity index (χ3n) is 1.59. The normalized spacial score (nSPS) is 8.87. The molecule has 0 fully saturated rings. The first-order valence-corrected chi connectivity index (χ1v) is 4.24. The van der Waals surface area contributed by atoms with Crippen LogP contribution in [0, 0.1) is 0 Å². The summed E-state index contributed by atoms with van der Waals surface area (Å²) in [6.07, 6.45) is 1.11. The summed E-state index contributed by atoms with van der Waals surface area (Å²) in [5.41, 5.74) is 1.83. The first kappa shape index (κ1) is 10.9. The lowest BCUT2D eigenvalue weighted by Crippen LogP contribution is -1.91. The minimum atomic E-state index is -0.394. The molecule has 0 aliphatic heterocycles. The third kappa shape index (κ3) is 3.22. The zero-order chi connectivity index (χ0) is 11.1. The molecule has 0 spiro atoms. The van der Waals surface area contributed by atoms with Crippen molar-refractivity contribution < 1.29 is 9.53 Å². The molecule has 1 aromatic heterocycles. The molecular weight excluding hydrogens is 194 g/mol. The van der Waals surface area contributed by atoms with Gasteiger partial charge in [-0.25, -0.2) is 4.79 Å². The van der Waals surface area contributed by atoms with Crippen molar-refractivity contribution >= 4 is 17.0 Å². The molecule has 15 heavy (non-hydrogen) atoms. The minimum absolute atomic E-state index is 0.394. The zero-order valence-corrected chi connectivity index (χ0v) is 8.30. The molecule has 78 valence electrons. The Morgan fingerprint density at radius 3 is 2.27 bits per heavy atom. The molecule has 5 heteroatoms. The second kappa shape index (κ2) is 5.54. The predicted molar refractivity (Wildman–Crippen MR) is 56.1 cm³/mol. The molecule has 0 saturated carbocycles. The first-order chi connectivity index (χ1) is 7.27. The number of ether oxygens (including phenoxy) is 1. The molecule has 0 atom stereocenters. The van der Waals surface area contributed by atoms with Crippen LogP contribution in [0.2, 0.25) is 0 Å². The fourth-order valence-corrected chi connectivity index (χ4v) is 0.869. The quantitative estimate of drug-likeness (QED) is 0.563. The fraction of sp³-hybridized carbons (Fsp3) is 0.100. The number of hydrogen-bond donors (Lipinski definition) is 1. The molecule has 0 aliphatic carbocycles. The average molecular weight is 205 g/mol. The van der Waals surface area contributed by atoms with Crippen molar-refractivity contribution in [2.45, 2.75) is 0 Å². The van der Waals surface area contributed by atoms with Crippen LogP contribution in [0.1, 0.15) is 0 Å². The van der Waals surface area contributed by atoms with Gasteiger partial charge in [-0.05, 0) is 12.1 Å². The van der Waals surface area contributed by atoms with E-state index >= 15 is 0 Å². The number of esters is 1. The number of H-pyrrole nitrogens is 1. The molecule has 2 rings (SSSR count). The van der Waals surface area contributed by atoms with Gasteiger partial charge >= 0.3 is 5.97 Å². The number of para-hydroxylation sites is 2. The van der Waals surface area contributed by atoms with E-state index in [0.29, 0.717) is 0 Å². The van der Waals surface area contributed by atoms with Gasteiger partial charge in [0.2, 0.25) is 0 Å². The van der Waals surface area contributed by atoms with Crippen molar-refractivity contribution in [3.05, 3.63) is 36.9 Å². The van der Waals surface area contributed by atoms with Crippen molar-refractivity contribution in [2.75, 3.05) is 7.11 Å². The molecule has 0 radical (unpaired) electrons. The summed E-state index contributed by atoms with van der Waals surface area (Å²) in [5.74, 6) is -0.394. The fourth-order valence-electron chi connectivity index (χ4n) is 0.869. The molecule has 0 saturated heterocycles. The number of nitrogens with zero attached hydrogens (tertiary/aromatic N) is 2. The Labute approximate surface area is 86.7 Å². The maximum atomic E-state index is 9.84. The molecule has 1 heterocycles. The maximum Gasteiger partial charge on any atom is 0.329 e. The molecule has 2 aromatic rings. The molecule has 1 N–H and O–H groups in total. The summed E-state index contributed by atoms with van der Waals surface area (Å²) < 4.78 is 4.14. The summed E-state index contributed by atoms with van der Waals surface area (Å²) in [7, 11) is 1.31. The molecular formula is C10H11N3O2. The zero-order valence-electron chi connectivity index (χ0n) is 8.30. The lowest BCUT2D eigenvalue weighted by molar-refractivity contribution is -0.134. The van der Waals surface area contributed by atoms with Gasteiger partial charge < -0.3 is 4.74 Å². The molecule has 0 aliphatic rings. The van der Waals surface area contributed by atoms with E-state index in [2.05, 4.69) is 26.7 Å². The van der Waals surface area contributed by atoms with Crippen LogP contribution in [-0.2, 0) is 9.53 Å². The maximum absolute atomic E-state index is 9.84. The Morgan fingerprint density at radius 1 is 1.40 bits per heavy atom. The van der Waals surface area contributed by atoms with Crippen LogP contribution in [0.5, 0.6) is 0 Å². The van der Waals surface area contributed by atoms with Crippen molar-refractivity contribution in [2.24, 2.45) is 0 Å². The number of rotatable bonds is 1. The molecule has 0 bridgehead atoms. The van der Waals surface area contributed by atoms with E-state index in [1.807, 2.05) is 24.3 Å². The second-order valence-corrected chi connectivity index (χ2v) is 2.54. The van der Waals surface area contributed by atoms with E-state index in [9.17, 15) is 4.79 Å². The molecule has 5 nitrogen and oxygen atoms in total. The van der Waals surface area contributed by atoms with E-state index < -0.39 is 5.97 Å². The van der Waals surface area contributed by atoms with Crippen LogP contribution in [-0.4, -0.2) is 28.5 Å². The number of fused-ring (bicyclic) bond motifs is 1. The minimum Gasteiger partial charge on any atom is -0.466 e. The third-order valence-corrected chi connectivity index (χ3v) is 1.59. The van der Waals surface area contributed by atoms with Gasteiger partial charge in [-0.15, -0.1) is 0 Å². The van der Waals surface area contributed by atoms with Crippen LogP contribution in [0.15, 0.2) is 36.9 Å². The highest BCUT2D eigenvalue weighted by atomic mass is 16.5. The monoisotopic (exact) mass is 205 g/mol. The van der Waals surface area contributed by atoms with E-state index in [1.54, 1.807) is 0 Å². The highest BCUT2D eigenvalue weighted by Crippen LogP contribution is 2.03. The Hall–Kier alpha value is -2.17. The summed E-state index contributed by atoms with van der Waals surface area (Å²) in [6, 6.07) is 7.70. The topological polar surface area (TPSA) is 67.9 Å². The van der Waals surface area contributed by atoms with Crippen molar-refractivity contribution in [3.8, 4) is 0 Å². The molecule has 1 aromatic carbocycles. The number of benzene rings is 1. The average Bonchev–Trinajstić information content (AvgIpc) is 2.76. The lowest BCUT2D eigenvalue weighted by Gasteiger charge is -1.83.